The van der Waals surface area contributed by atoms with Gasteiger partial charge in [0.25, 0.3) is 0 Å². The Balaban J connectivity index is 2.38. The van der Waals surface area contributed by atoms with E-state index in [9.17, 15) is 4.39 Å². The molecule has 1 atom stereocenters. The lowest BCUT2D eigenvalue weighted by atomic mass is 9.97. The quantitative estimate of drug-likeness (QED) is 0.884. The molecule has 1 aromatic heterocycles. The zero-order valence-corrected chi connectivity index (χ0v) is 14.5. The summed E-state index contributed by atoms with van der Waals surface area (Å²) in [6.07, 6.45) is 0.729. The third-order valence-corrected chi connectivity index (χ3v) is 4.49. The third-order valence-electron chi connectivity index (χ3n) is 3.87. The zero-order valence-electron chi connectivity index (χ0n) is 12.9. The lowest BCUT2D eigenvalue weighted by Crippen LogP contribution is -2.24. The van der Waals surface area contributed by atoms with E-state index in [1.54, 1.807) is 6.07 Å². The molecule has 1 heterocycles. The van der Waals surface area contributed by atoms with Crippen molar-refractivity contribution in [3.05, 3.63) is 51.0 Å². The van der Waals surface area contributed by atoms with E-state index in [0.717, 1.165) is 24.4 Å². The van der Waals surface area contributed by atoms with Gasteiger partial charge in [0.05, 0.1) is 10.2 Å². The Morgan fingerprint density at radius 3 is 2.67 bits per heavy atom. The molecule has 2 aromatic rings. The molecule has 0 aliphatic rings. The molecule has 2 rings (SSSR count). The summed E-state index contributed by atoms with van der Waals surface area (Å²) in [5.74, 6) is -0.192. The Morgan fingerprint density at radius 2 is 2.10 bits per heavy atom. The predicted molar refractivity (Wildman–Crippen MR) is 86.9 cm³/mol. The van der Waals surface area contributed by atoms with Crippen LogP contribution in [0.1, 0.15) is 35.5 Å². The molecule has 0 saturated heterocycles. The first-order valence-corrected chi connectivity index (χ1v) is 7.91. The number of aromatic nitrogens is 2. The Hall–Kier alpha value is -1.20. The average molecular weight is 354 g/mol. The molecule has 5 heteroatoms. The van der Waals surface area contributed by atoms with Gasteiger partial charge in [0.15, 0.2) is 0 Å². The van der Waals surface area contributed by atoms with Gasteiger partial charge in [-0.15, -0.1) is 0 Å². The molecule has 1 aromatic carbocycles. The van der Waals surface area contributed by atoms with E-state index in [2.05, 4.69) is 33.3 Å². The second-order valence-corrected chi connectivity index (χ2v) is 6.08. The first-order chi connectivity index (χ1) is 9.95. The second-order valence-electron chi connectivity index (χ2n) is 5.23. The van der Waals surface area contributed by atoms with E-state index >= 15 is 0 Å². The fourth-order valence-corrected chi connectivity index (χ4v) is 3.03. The summed E-state index contributed by atoms with van der Waals surface area (Å²) < 4.78 is 16.8. The molecule has 0 aliphatic heterocycles. The average Bonchev–Trinajstić information content (AvgIpc) is 2.68. The molecule has 0 bridgehead atoms. The summed E-state index contributed by atoms with van der Waals surface area (Å²) in [6, 6.07) is 5.38. The summed E-state index contributed by atoms with van der Waals surface area (Å²) in [6.45, 7) is 6.87. The van der Waals surface area contributed by atoms with Crippen molar-refractivity contribution >= 4 is 15.9 Å². The van der Waals surface area contributed by atoms with E-state index in [4.69, 9.17) is 0 Å². The molecule has 3 nitrogen and oxygen atoms in total. The molecule has 0 aliphatic carbocycles. The van der Waals surface area contributed by atoms with Crippen LogP contribution in [0.2, 0.25) is 0 Å². The standard InChI is InChI=1S/C16H21BrFN3/c1-5-19-15(12-7-6-8-14(17)16(12)18)9-13-10(2)20-21(4)11(13)3/h6-8,15,19H,5,9H2,1-4H3. The number of hydrogen-bond donors (Lipinski definition) is 1. The Kier molecular flexibility index (Phi) is 5.17. The van der Waals surface area contributed by atoms with Gasteiger partial charge in [-0.05, 0) is 54.4 Å². The van der Waals surface area contributed by atoms with E-state index in [1.807, 2.05) is 37.7 Å². The summed E-state index contributed by atoms with van der Waals surface area (Å²) >= 11 is 3.26. The topological polar surface area (TPSA) is 29.9 Å². The fourth-order valence-electron chi connectivity index (χ4n) is 2.65. The fraction of sp³-hybridized carbons (Fsp3) is 0.438. The van der Waals surface area contributed by atoms with Gasteiger partial charge in [0.1, 0.15) is 5.82 Å². The minimum atomic E-state index is -0.192. The monoisotopic (exact) mass is 353 g/mol. The summed E-state index contributed by atoms with van der Waals surface area (Å²) in [5.41, 5.74) is 4.01. The Labute approximate surface area is 133 Å². The number of nitrogens with zero attached hydrogens (tertiary/aromatic N) is 2. The lowest BCUT2D eigenvalue weighted by molar-refractivity contribution is 0.506. The van der Waals surface area contributed by atoms with E-state index in [1.165, 1.54) is 5.56 Å². The predicted octanol–water partition coefficient (Wildman–Crippen LogP) is 3.83. The van der Waals surface area contributed by atoms with Crippen LogP contribution in [-0.4, -0.2) is 16.3 Å². The van der Waals surface area contributed by atoms with Crippen LogP contribution in [0.3, 0.4) is 0 Å². The van der Waals surface area contributed by atoms with Gasteiger partial charge >= 0.3 is 0 Å². The number of nitrogens with one attached hydrogen (secondary N) is 1. The van der Waals surface area contributed by atoms with Gasteiger partial charge in [-0.2, -0.15) is 5.10 Å². The van der Waals surface area contributed by atoms with Crippen LogP contribution in [0, 0.1) is 19.7 Å². The molecule has 0 fully saturated rings. The van der Waals surface area contributed by atoms with Gasteiger partial charge in [0.2, 0.25) is 0 Å². The van der Waals surface area contributed by atoms with Crippen molar-refractivity contribution in [2.24, 2.45) is 7.05 Å². The number of halogens is 2. The highest BCUT2D eigenvalue weighted by Gasteiger charge is 2.20. The molecule has 0 amide bonds. The van der Waals surface area contributed by atoms with Crippen LogP contribution in [0.15, 0.2) is 22.7 Å². The smallest absolute Gasteiger partial charge is 0.142 e. The van der Waals surface area contributed by atoms with Crippen molar-refractivity contribution < 1.29 is 4.39 Å². The summed E-state index contributed by atoms with van der Waals surface area (Å²) in [7, 11) is 1.94. The number of hydrogen-bond acceptors (Lipinski definition) is 2. The summed E-state index contributed by atoms with van der Waals surface area (Å²) in [4.78, 5) is 0. The number of benzene rings is 1. The van der Waals surface area contributed by atoms with Crippen molar-refractivity contribution in [2.75, 3.05) is 6.54 Å². The van der Waals surface area contributed by atoms with Gasteiger partial charge in [-0.1, -0.05) is 19.1 Å². The SMILES string of the molecule is CCNC(Cc1c(C)nn(C)c1C)c1cccc(Br)c1F. The Morgan fingerprint density at radius 1 is 1.38 bits per heavy atom. The van der Waals surface area contributed by atoms with Crippen LogP contribution in [0.25, 0.3) is 0 Å². The summed E-state index contributed by atoms with van der Waals surface area (Å²) in [5, 5.41) is 7.82. The first kappa shape index (κ1) is 16.2. The van der Waals surface area contributed by atoms with Crippen LogP contribution in [-0.2, 0) is 13.5 Å². The number of rotatable bonds is 5. The molecule has 1 unspecified atom stereocenters. The van der Waals surface area contributed by atoms with Crippen molar-refractivity contribution in [1.82, 2.24) is 15.1 Å². The van der Waals surface area contributed by atoms with E-state index in [0.29, 0.717) is 10.0 Å². The molecule has 1 N–H and O–H groups in total. The van der Waals surface area contributed by atoms with Crippen LogP contribution < -0.4 is 5.32 Å². The van der Waals surface area contributed by atoms with Crippen LogP contribution >= 0.6 is 15.9 Å². The van der Waals surface area contributed by atoms with Crippen molar-refractivity contribution in [1.29, 1.82) is 0 Å². The minimum Gasteiger partial charge on any atom is -0.310 e. The molecular formula is C16H21BrFN3. The van der Waals surface area contributed by atoms with Gasteiger partial charge in [0, 0.05) is 24.3 Å². The molecular weight excluding hydrogens is 333 g/mol. The molecule has 0 saturated carbocycles. The van der Waals surface area contributed by atoms with Crippen LogP contribution in [0.5, 0.6) is 0 Å². The van der Waals surface area contributed by atoms with E-state index < -0.39 is 0 Å². The normalized spacial score (nSPS) is 12.7. The van der Waals surface area contributed by atoms with Crippen LogP contribution in [0.4, 0.5) is 4.39 Å². The molecule has 0 spiro atoms. The number of likely N-dealkylation sites (N-methyl/N-ethyl adjacent to an activating group) is 1. The van der Waals surface area contributed by atoms with Gasteiger partial charge in [-0.25, -0.2) is 4.39 Å². The third kappa shape index (κ3) is 3.35. The molecule has 0 radical (unpaired) electrons. The largest absolute Gasteiger partial charge is 0.310 e. The first-order valence-electron chi connectivity index (χ1n) is 7.12. The van der Waals surface area contributed by atoms with Gasteiger partial charge in [-0.3, -0.25) is 4.68 Å². The van der Waals surface area contributed by atoms with Gasteiger partial charge < -0.3 is 5.32 Å². The maximum atomic E-state index is 14.4. The maximum absolute atomic E-state index is 14.4. The van der Waals surface area contributed by atoms with E-state index in [-0.39, 0.29) is 11.9 Å². The molecule has 114 valence electrons. The van der Waals surface area contributed by atoms with Crippen molar-refractivity contribution in [3.63, 3.8) is 0 Å². The number of aryl methyl sites for hydroxylation is 2. The highest BCUT2D eigenvalue weighted by molar-refractivity contribution is 9.10. The van der Waals surface area contributed by atoms with Crippen molar-refractivity contribution in [2.45, 2.75) is 33.2 Å². The second kappa shape index (κ2) is 6.71. The van der Waals surface area contributed by atoms with Crippen molar-refractivity contribution in [3.8, 4) is 0 Å². The maximum Gasteiger partial charge on any atom is 0.142 e. The minimum absolute atomic E-state index is 0.0610. The molecule has 21 heavy (non-hydrogen) atoms. The highest BCUT2D eigenvalue weighted by Crippen LogP contribution is 2.27. The zero-order chi connectivity index (χ0) is 15.6. The lowest BCUT2D eigenvalue weighted by Gasteiger charge is -2.20. The highest BCUT2D eigenvalue weighted by atomic mass is 79.9. The Bertz CT molecular complexity index is 637.